The molecule has 1 fully saturated rings. The molecule has 1 amide bonds. The van der Waals surface area contributed by atoms with Crippen LogP contribution in [0.1, 0.15) is 25.8 Å². The molecule has 0 aliphatic carbocycles. The van der Waals surface area contributed by atoms with Crippen molar-refractivity contribution >= 4 is 5.91 Å². The first-order valence-electron chi connectivity index (χ1n) is 8.05. The number of hydrogen-bond donors (Lipinski definition) is 3. The minimum atomic E-state index is -0.434. The molecule has 0 spiro atoms. The number of amides is 1. The van der Waals surface area contributed by atoms with Crippen LogP contribution in [0.2, 0.25) is 0 Å². The summed E-state index contributed by atoms with van der Waals surface area (Å²) in [4.78, 5) is 12.2. The third-order valence-electron chi connectivity index (χ3n) is 4.45. The molecule has 0 saturated carbocycles. The van der Waals surface area contributed by atoms with E-state index in [1.807, 2.05) is 18.2 Å². The lowest BCUT2D eigenvalue weighted by Gasteiger charge is -2.28. The van der Waals surface area contributed by atoms with Crippen molar-refractivity contribution in [1.82, 2.24) is 10.6 Å². The van der Waals surface area contributed by atoms with E-state index in [1.165, 1.54) is 0 Å². The molecule has 2 heterocycles. The van der Waals surface area contributed by atoms with E-state index in [0.717, 1.165) is 17.1 Å². The molecule has 23 heavy (non-hydrogen) atoms. The van der Waals surface area contributed by atoms with E-state index in [9.17, 15) is 9.90 Å². The number of β-amino-alcohol motifs (C(OH)–C–C–N with tert-alkyl or cyclic N) is 1. The van der Waals surface area contributed by atoms with E-state index < -0.39 is 6.10 Å². The van der Waals surface area contributed by atoms with E-state index in [1.54, 1.807) is 0 Å². The van der Waals surface area contributed by atoms with Crippen molar-refractivity contribution in [2.75, 3.05) is 26.3 Å². The molecule has 1 aromatic carbocycles. The summed E-state index contributed by atoms with van der Waals surface area (Å²) in [5, 5.41) is 15.5. The van der Waals surface area contributed by atoms with Crippen LogP contribution < -0.4 is 20.1 Å². The fourth-order valence-electron chi connectivity index (χ4n) is 2.91. The number of benzene rings is 1. The fourth-order valence-corrected chi connectivity index (χ4v) is 2.91. The van der Waals surface area contributed by atoms with Crippen LogP contribution in [0.4, 0.5) is 0 Å². The summed E-state index contributed by atoms with van der Waals surface area (Å²) in [5.41, 5.74) is 0.851. The predicted molar refractivity (Wildman–Crippen MR) is 85.9 cm³/mol. The van der Waals surface area contributed by atoms with Crippen LogP contribution in [-0.2, 0) is 10.2 Å². The molecule has 2 atom stereocenters. The molecule has 0 aromatic heterocycles. The van der Waals surface area contributed by atoms with E-state index in [2.05, 4.69) is 24.5 Å². The van der Waals surface area contributed by atoms with Gasteiger partial charge in [0.25, 0.3) is 0 Å². The quantitative estimate of drug-likeness (QED) is 0.756. The maximum atomic E-state index is 12.2. The van der Waals surface area contributed by atoms with Crippen molar-refractivity contribution < 1.29 is 19.4 Å². The number of carbonyl (C=O) groups is 1. The first-order valence-corrected chi connectivity index (χ1v) is 8.05. The van der Waals surface area contributed by atoms with Gasteiger partial charge in [0.2, 0.25) is 5.91 Å². The SMILES string of the molecule is CC(C)(CNC(=O)[C@@H]1C[C@@H](O)CN1)c1ccc2c(c1)OCCO2. The zero-order chi connectivity index (χ0) is 16.4. The summed E-state index contributed by atoms with van der Waals surface area (Å²) in [5.74, 6) is 1.46. The molecular formula is C17H24N2O4. The lowest BCUT2D eigenvalue weighted by molar-refractivity contribution is -0.123. The van der Waals surface area contributed by atoms with Crippen LogP contribution in [0.3, 0.4) is 0 Å². The van der Waals surface area contributed by atoms with Gasteiger partial charge >= 0.3 is 0 Å². The maximum Gasteiger partial charge on any atom is 0.237 e. The van der Waals surface area contributed by atoms with Crippen molar-refractivity contribution in [3.05, 3.63) is 23.8 Å². The van der Waals surface area contributed by atoms with Crippen molar-refractivity contribution in [1.29, 1.82) is 0 Å². The minimum absolute atomic E-state index is 0.0628. The molecule has 1 saturated heterocycles. The highest BCUT2D eigenvalue weighted by Crippen LogP contribution is 2.34. The van der Waals surface area contributed by atoms with Crippen molar-refractivity contribution in [2.24, 2.45) is 0 Å². The van der Waals surface area contributed by atoms with E-state index in [0.29, 0.717) is 32.7 Å². The van der Waals surface area contributed by atoms with Gasteiger partial charge in [0.05, 0.1) is 12.1 Å². The number of ether oxygens (including phenoxy) is 2. The largest absolute Gasteiger partial charge is 0.486 e. The van der Waals surface area contributed by atoms with Crippen molar-refractivity contribution in [3.8, 4) is 11.5 Å². The fraction of sp³-hybridized carbons (Fsp3) is 0.588. The second kappa shape index (κ2) is 6.37. The van der Waals surface area contributed by atoms with E-state index >= 15 is 0 Å². The Morgan fingerprint density at radius 3 is 2.78 bits per heavy atom. The Balaban J connectivity index is 1.63. The van der Waals surface area contributed by atoms with Gasteiger partial charge in [-0.3, -0.25) is 4.79 Å². The van der Waals surface area contributed by atoms with E-state index in [4.69, 9.17) is 9.47 Å². The average Bonchev–Trinajstić information content (AvgIpc) is 2.99. The highest BCUT2D eigenvalue weighted by atomic mass is 16.6. The molecule has 6 nitrogen and oxygen atoms in total. The van der Waals surface area contributed by atoms with Crippen LogP contribution in [0.5, 0.6) is 11.5 Å². The van der Waals surface area contributed by atoms with Crippen LogP contribution in [0, 0.1) is 0 Å². The normalized spacial score (nSPS) is 23.6. The second-order valence-corrected chi connectivity index (χ2v) is 6.81. The van der Waals surface area contributed by atoms with Crippen LogP contribution in [-0.4, -0.2) is 49.5 Å². The van der Waals surface area contributed by atoms with Crippen LogP contribution in [0.15, 0.2) is 18.2 Å². The molecule has 3 N–H and O–H groups in total. The Bertz CT molecular complexity index is 588. The molecule has 2 aliphatic rings. The Hall–Kier alpha value is -1.79. The summed E-state index contributed by atoms with van der Waals surface area (Å²) in [6, 6.07) is 5.61. The van der Waals surface area contributed by atoms with Crippen molar-refractivity contribution in [3.63, 3.8) is 0 Å². The summed E-state index contributed by atoms with van der Waals surface area (Å²) < 4.78 is 11.2. The number of aliphatic hydroxyl groups excluding tert-OH is 1. The monoisotopic (exact) mass is 320 g/mol. The minimum Gasteiger partial charge on any atom is -0.486 e. The van der Waals surface area contributed by atoms with Gasteiger partial charge in [-0.15, -0.1) is 0 Å². The third kappa shape index (κ3) is 3.59. The number of nitrogens with one attached hydrogen (secondary N) is 2. The standard InChI is InChI=1S/C17H24N2O4/c1-17(2,10-19-16(21)13-8-12(20)9-18-13)11-3-4-14-15(7-11)23-6-5-22-14/h3-4,7,12-13,18,20H,5-6,8-10H2,1-2H3,(H,19,21)/t12-,13+/m1/s1. The van der Waals surface area contributed by atoms with Gasteiger partial charge < -0.3 is 25.2 Å². The van der Waals surface area contributed by atoms with Crippen molar-refractivity contribution in [2.45, 2.75) is 37.8 Å². The topological polar surface area (TPSA) is 79.8 Å². The average molecular weight is 320 g/mol. The first kappa shape index (κ1) is 16.1. The van der Waals surface area contributed by atoms with Crippen LogP contribution >= 0.6 is 0 Å². The molecule has 1 aromatic rings. The van der Waals surface area contributed by atoms with Gasteiger partial charge in [-0.1, -0.05) is 19.9 Å². The summed E-state index contributed by atoms with van der Waals surface area (Å²) in [7, 11) is 0. The highest BCUT2D eigenvalue weighted by Gasteiger charge is 2.30. The zero-order valence-electron chi connectivity index (χ0n) is 13.6. The van der Waals surface area contributed by atoms with Gasteiger partial charge in [-0.2, -0.15) is 0 Å². The molecule has 126 valence electrons. The number of fused-ring (bicyclic) bond motifs is 1. The number of rotatable bonds is 4. The maximum absolute atomic E-state index is 12.2. The molecule has 0 unspecified atom stereocenters. The van der Waals surface area contributed by atoms with E-state index in [-0.39, 0.29) is 17.4 Å². The Morgan fingerprint density at radius 2 is 2.09 bits per heavy atom. The Morgan fingerprint density at radius 1 is 1.35 bits per heavy atom. The zero-order valence-corrected chi connectivity index (χ0v) is 13.6. The molecule has 6 heteroatoms. The molecule has 2 aliphatic heterocycles. The molecule has 0 bridgehead atoms. The lowest BCUT2D eigenvalue weighted by atomic mass is 9.84. The van der Waals surface area contributed by atoms with Gasteiger partial charge in [0.1, 0.15) is 13.2 Å². The highest BCUT2D eigenvalue weighted by molar-refractivity contribution is 5.82. The summed E-state index contributed by atoms with van der Waals surface area (Å²) in [6.45, 7) is 6.28. The molecular weight excluding hydrogens is 296 g/mol. The number of aliphatic hydroxyl groups is 1. The summed E-state index contributed by atoms with van der Waals surface area (Å²) in [6.07, 6.45) is 0.0348. The molecule has 3 rings (SSSR count). The second-order valence-electron chi connectivity index (χ2n) is 6.81. The Kier molecular flexibility index (Phi) is 4.46. The number of carbonyl (C=O) groups excluding carboxylic acids is 1. The smallest absolute Gasteiger partial charge is 0.237 e. The van der Waals surface area contributed by atoms with Gasteiger partial charge in [0, 0.05) is 18.5 Å². The lowest BCUT2D eigenvalue weighted by Crippen LogP contribution is -2.45. The first-order chi connectivity index (χ1) is 11.0. The third-order valence-corrected chi connectivity index (χ3v) is 4.45. The van der Waals surface area contributed by atoms with Gasteiger partial charge in [0.15, 0.2) is 11.5 Å². The number of hydrogen-bond acceptors (Lipinski definition) is 5. The van der Waals surface area contributed by atoms with Gasteiger partial charge in [-0.25, -0.2) is 0 Å². The molecule has 0 radical (unpaired) electrons. The Labute approximate surface area is 136 Å². The van der Waals surface area contributed by atoms with Crippen LogP contribution in [0.25, 0.3) is 0 Å². The summed E-state index contributed by atoms with van der Waals surface area (Å²) >= 11 is 0. The predicted octanol–water partition coefficient (Wildman–Crippen LogP) is 0.574. The van der Waals surface area contributed by atoms with Gasteiger partial charge in [-0.05, 0) is 24.1 Å².